The van der Waals surface area contributed by atoms with Crippen molar-refractivity contribution in [2.75, 3.05) is 18.1 Å². The van der Waals surface area contributed by atoms with Crippen molar-refractivity contribution in [1.82, 2.24) is 0 Å². The zero-order valence-electron chi connectivity index (χ0n) is 21.7. The molecule has 1 aliphatic rings. The average Bonchev–Trinajstić information content (AvgIpc) is 2.90. The van der Waals surface area contributed by atoms with Gasteiger partial charge in [0.25, 0.3) is 0 Å². The first kappa shape index (κ1) is 28.0. The van der Waals surface area contributed by atoms with Crippen molar-refractivity contribution in [2.24, 2.45) is 11.8 Å². The molecule has 0 aliphatic heterocycles. The van der Waals surface area contributed by atoms with Gasteiger partial charge in [0.2, 0.25) is 0 Å². The van der Waals surface area contributed by atoms with Crippen molar-refractivity contribution in [3.8, 4) is 5.75 Å². The number of esters is 2. The summed E-state index contributed by atoms with van der Waals surface area (Å²) in [5, 5.41) is 0. The first-order valence-corrected chi connectivity index (χ1v) is 13.4. The van der Waals surface area contributed by atoms with E-state index in [1.165, 1.54) is 31.8 Å². The quantitative estimate of drug-likeness (QED) is 0.0806. The Morgan fingerprint density at radius 3 is 2.43 bits per heavy atom. The van der Waals surface area contributed by atoms with E-state index in [1.54, 1.807) is 30.3 Å². The Kier molecular flexibility index (Phi) is 11.3. The molecule has 6 heteroatoms. The molecule has 0 heterocycles. The van der Waals surface area contributed by atoms with E-state index in [4.69, 9.17) is 20.9 Å². The SMILES string of the molecule is C=CCCCCCC1CCC(C(=O)Oc2ccc(C=CC(=O)OCCc3ccc(N)cc3N)cc2)CC1. The number of carbonyl (C=O) groups excluding carboxylic acids is 2. The predicted molar refractivity (Wildman–Crippen MR) is 150 cm³/mol. The summed E-state index contributed by atoms with van der Waals surface area (Å²) in [6.07, 6.45) is 15.7. The van der Waals surface area contributed by atoms with Gasteiger partial charge in [-0.15, -0.1) is 6.58 Å². The number of nitrogen functional groups attached to an aromatic ring is 2. The molecule has 1 saturated carbocycles. The smallest absolute Gasteiger partial charge is 0.330 e. The van der Waals surface area contributed by atoms with Gasteiger partial charge in [-0.05, 0) is 85.9 Å². The van der Waals surface area contributed by atoms with Gasteiger partial charge < -0.3 is 20.9 Å². The lowest BCUT2D eigenvalue weighted by molar-refractivity contribution is -0.140. The van der Waals surface area contributed by atoms with E-state index in [0.29, 0.717) is 23.5 Å². The number of nitrogens with two attached hydrogens (primary N) is 2. The zero-order valence-corrected chi connectivity index (χ0v) is 21.7. The van der Waals surface area contributed by atoms with Gasteiger partial charge in [0, 0.05) is 23.9 Å². The van der Waals surface area contributed by atoms with E-state index in [-0.39, 0.29) is 18.5 Å². The molecule has 4 N–H and O–H groups in total. The topological polar surface area (TPSA) is 105 Å². The van der Waals surface area contributed by atoms with Crippen LogP contribution < -0.4 is 16.2 Å². The first-order valence-electron chi connectivity index (χ1n) is 13.4. The molecule has 3 rings (SSSR count). The van der Waals surface area contributed by atoms with Crippen molar-refractivity contribution in [3.05, 3.63) is 72.3 Å². The van der Waals surface area contributed by atoms with Crippen molar-refractivity contribution in [1.29, 1.82) is 0 Å². The fourth-order valence-electron chi connectivity index (χ4n) is 4.75. The molecule has 2 aromatic rings. The summed E-state index contributed by atoms with van der Waals surface area (Å²) in [4.78, 5) is 24.6. The van der Waals surface area contributed by atoms with Crippen LogP contribution in [-0.4, -0.2) is 18.5 Å². The number of hydrogen-bond acceptors (Lipinski definition) is 6. The van der Waals surface area contributed by atoms with Gasteiger partial charge in [-0.2, -0.15) is 0 Å². The Bertz CT molecular complexity index is 1050. The van der Waals surface area contributed by atoms with Gasteiger partial charge in [0.15, 0.2) is 0 Å². The van der Waals surface area contributed by atoms with Crippen molar-refractivity contribution in [3.63, 3.8) is 0 Å². The molecule has 0 bridgehead atoms. The molecule has 1 aliphatic carbocycles. The lowest BCUT2D eigenvalue weighted by atomic mass is 9.80. The van der Waals surface area contributed by atoms with Crippen molar-refractivity contribution in [2.45, 2.75) is 64.2 Å². The highest BCUT2D eigenvalue weighted by Crippen LogP contribution is 2.33. The van der Waals surface area contributed by atoms with Crippen LogP contribution in [0.25, 0.3) is 6.08 Å². The summed E-state index contributed by atoms with van der Waals surface area (Å²) in [7, 11) is 0. The zero-order chi connectivity index (χ0) is 26.5. The third-order valence-corrected chi connectivity index (χ3v) is 7.00. The predicted octanol–water partition coefficient (Wildman–Crippen LogP) is 6.50. The number of benzene rings is 2. The van der Waals surface area contributed by atoms with Crippen LogP contribution >= 0.6 is 0 Å². The average molecular weight is 505 g/mol. The van der Waals surface area contributed by atoms with Crippen LogP contribution in [0.3, 0.4) is 0 Å². The summed E-state index contributed by atoms with van der Waals surface area (Å²) in [6, 6.07) is 12.4. The fraction of sp³-hybridized carbons (Fsp3) is 0.419. The molecule has 37 heavy (non-hydrogen) atoms. The lowest BCUT2D eigenvalue weighted by Gasteiger charge is -2.27. The van der Waals surface area contributed by atoms with Gasteiger partial charge in [-0.25, -0.2) is 4.79 Å². The maximum Gasteiger partial charge on any atom is 0.330 e. The first-order chi connectivity index (χ1) is 17.9. The van der Waals surface area contributed by atoms with Crippen molar-refractivity contribution >= 4 is 29.4 Å². The summed E-state index contributed by atoms with van der Waals surface area (Å²) in [6.45, 7) is 4.00. The monoisotopic (exact) mass is 504 g/mol. The Labute approximate surface area is 220 Å². The van der Waals surface area contributed by atoms with Crippen LogP contribution in [0.2, 0.25) is 0 Å². The van der Waals surface area contributed by atoms with Gasteiger partial charge in [-0.3, -0.25) is 4.79 Å². The highest BCUT2D eigenvalue weighted by atomic mass is 16.5. The Balaban J connectivity index is 1.35. The number of carbonyl (C=O) groups is 2. The molecule has 0 aromatic heterocycles. The third-order valence-electron chi connectivity index (χ3n) is 7.00. The van der Waals surface area contributed by atoms with Crippen molar-refractivity contribution < 1.29 is 19.1 Å². The molecule has 0 atom stereocenters. The summed E-state index contributed by atoms with van der Waals surface area (Å²) < 4.78 is 10.9. The Morgan fingerprint density at radius 1 is 0.973 bits per heavy atom. The standard InChI is InChI=1S/C31H40N2O4/c1-2-3-4-5-6-7-23-8-13-26(14-9-23)31(35)37-28-17-10-24(11-18-28)12-19-30(34)36-21-20-25-15-16-27(32)22-29(25)33/h2,10-12,15-19,22-23,26H,1,3-9,13-14,20-21,32-33H2. The van der Waals surface area contributed by atoms with Crippen LogP contribution in [0, 0.1) is 11.8 Å². The molecule has 0 unspecified atom stereocenters. The van der Waals surface area contributed by atoms with E-state index >= 15 is 0 Å². The Morgan fingerprint density at radius 2 is 1.73 bits per heavy atom. The number of hydrogen-bond donors (Lipinski definition) is 2. The second-order valence-corrected chi connectivity index (χ2v) is 9.84. The molecular weight excluding hydrogens is 464 g/mol. The highest BCUT2D eigenvalue weighted by Gasteiger charge is 2.27. The van der Waals surface area contributed by atoms with Crippen LogP contribution in [0.1, 0.15) is 68.9 Å². The second kappa shape index (κ2) is 14.9. The van der Waals surface area contributed by atoms with Gasteiger partial charge in [0.1, 0.15) is 5.75 Å². The normalized spacial score (nSPS) is 17.4. The van der Waals surface area contributed by atoms with Gasteiger partial charge in [0.05, 0.1) is 12.5 Å². The van der Waals surface area contributed by atoms with Crippen LogP contribution in [0.15, 0.2) is 61.2 Å². The van der Waals surface area contributed by atoms with E-state index < -0.39 is 5.97 Å². The molecule has 0 spiro atoms. The lowest BCUT2D eigenvalue weighted by Crippen LogP contribution is -2.25. The third kappa shape index (κ3) is 9.79. The minimum Gasteiger partial charge on any atom is -0.462 e. The summed E-state index contributed by atoms with van der Waals surface area (Å²) in [5.41, 5.74) is 14.5. The van der Waals surface area contributed by atoms with E-state index in [0.717, 1.165) is 49.1 Å². The second-order valence-electron chi connectivity index (χ2n) is 9.84. The van der Waals surface area contributed by atoms with Crippen LogP contribution in [0.5, 0.6) is 5.75 Å². The number of unbranched alkanes of at least 4 members (excludes halogenated alkanes) is 3. The molecule has 6 nitrogen and oxygen atoms in total. The van der Waals surface area contributed by atoms with Crippen LogP contribution in [-0.2, 0) is 20.7 Å². The molecule has 0 radical (unpaired) electrons. The maximum absolute atomic E-state index is 12.6. The van der Waals surface area contributed by atoms with E-state index in [2.05, 4.69) is 6.58 Å². The number of allylic oxidation sites excluding steroid dienone is 1. The molecule has 1 fully saturated rings. The largest absolute Gasteiger partial charge is 0.462 e. The summed E-state index contributed by atoms with van der Waals surface area (Å²) >= 11 is 0. The number of rotatable bonds is 13. The van der Waals surface area contributed by atoms with E-state index in [9.17, 15) is 9.59 Å². The summed E-state index contributed by atoms with van der Waals surface area (Å²) in [5.74, 6) is 0.668. The van der Waals surface area contributed by atoms with Gasteiger partial charge in [-0.1, -0.05) is 43.5 Å². The minimum atomic E-state index is -0.433. The molecule has 2 aromatic carbocycles. The minimum absolute atomic E-state index is 0.0186. The van der Waals surface area contributed by atoms with Gasteiger partial charge >= 0.3 is 11.9 Å². The van der Waals surface area contributed by atoms with Crippen LogP contribution in [0.4, 0.5) is 11.4 Å². The van der Waals surface area contributed by atoms with E-state index in [1.807, 2.05) is 24.3 Å². The highest BCUT2D eigenvalue weighted by molar-refractivity contribution is 5.87. The molecule has 198 valence electrons. The fourth-order valence-corrected chi connectivity index (χ4v) is 4.75. The molecule has 0 amide bonds. The molecule has 0 saturated heterocycles. The number of anilines is 2. The Hall–Kier alpha value is -3.54. The molecular formula is C31H40N2O4. The maximum atomic E-state index is 12.6. The number of ether oxygens (including phenoxy) is 2.